The minimum atomic E-state index is -4.95. The first-order valence-electron chi connectivity index (χ1n) is 38.0. The summed E-state index contributed by atoms with van der Waals surface area (Å²) in [4.78, 5) is 72.6. The number of hydrogen-bond donors (Lipinski definition) is 3. The van der Waals surface area contributed by atoms with Gasteiger partial charge in [0, 0.05) is 25.7 Å². The van der Waals surface area contributed by atoms with E-state index in [4.69, 9.17) is 37.0 Å². The molecule has 3 N–H and O–H groups in total. The van der Waals surface area contributed by atoms with Crippen LogP contribution in [0.15, 0.2) is 0 Å². The van der Waals surface area contributed by atoms with Crippen molar-refractivity contribution in [3.05, 3.63) is 0 Å². The molecule has 0 fully saturated rings. The first kappa shape index (κ1) is 90.1. The van der Waals surface area contributed by atoms with Crippen LogP contribution in [0.1, 0.15) is 375 Å². The van der Waals surface area contributed by atoms with Crippen molar-refractivity contribution in [3.63, 3.8) is 0 Å². The van der Waals surface area contributed by atoms with Gasteiger partial charge in [-0.2, -0.15) is 0 Å². The van der Waals surface area contributed by atoms with Crippen LogP contribution in [0.3, 0.4) is 0 Å². The molecule has 0 radical (unpaired) electrons. The van der Waals surface area contributed by atoms with Gasteiger partial charge in [0.15, 0.2) is 12.2 Å². The number of aliphatic hydroxyl groups is 1. The molecule has 0 amide bonds. The van der Waals surface area contributed by atoms with Crippen molar-refractivity contribution >= 4 is 39.5 Å². The van der Waals surface area contributed by atoms with E-state index in [0.29, 0.717) is 25.7 Å². The molecule has 0 aliphatic carbocycles. The Hall–Kier alpha value is -1.94. The minimum absolute atomic E-state index is 0.104. The fourth-order valence-corrected chi connectivity index (χ4v) is 12.7. The Bertz CT molecular complexity index is 1790. The van der Waals surface area contributed by atoms with E-state index in [1.54, 1.807) is 0 Å². The van der Waals surface area contributed by atoms with Crippen molar-refractivity contribution in [3.8, 4) is 0 Å². The molecule has 17 nitrogen and oxygen atoms in total. The second-order valence-corrected chi connectivity index (χ2v) is 30.0. The van der Waals surface area contributed by atoms with E-state index < -0.39 is 97.5 Å². The quantitative estimate of drug-likeness (QED) is 0.0222. The Morgan fingerprint density at radius 1 is 0.315 bits per heavy atom. The average Bonchev–Trinajstić information content (AvgIpc) is 3.19. The van der Waals surface area contributed by atoms with Crippen molar-refractivity contribution in [2.45, 2.75) is 394 Å². The summed E-state index contributed by atoms with van der Waals surface area (Å²) in [6.07, 6.45) is 51.5. The SMILES string of the molecule is CCCCCCCCCCCCCCCCCCCCCCC(=O)O[C@H](COC(=O)CCCCCCCCCCC(C)CC)COP(=O)(O)OC[C@@H](O)COP(=O)(O)OC[C@@H](COC(=O)CCCCCCCCCCC)OC(=O)CCCCCCCCCCC(C)C. The largest absolute Gasteiger partial charge is 0.472 e. The van der Waals surface area contributed by atoms with Gasteiger partial charge >= 0.3 is 39.5 Å². The van der Waals surface area contributed by atoms with Crippen LogP contribution in [-0.2, 0) is 65.4 Å². The maximum Gasteiger partial charge on any atom is 0.472 e. The fraction of sp³-hybridized carbons (Fsp3) is 0.945. The molecule has 546 valence electrons. The van der Waals surface area contributed by atoms with E-state index in [9.17, 15) is 43.2 Å². The van der Waals surface area contributed by atoms with Crippen LogP contribution in [-0.4, -0.2) is 96.7 Å². The molecule has 92 heavy (non-hydrogen) atoms. The van der Waals surface area contributed by atoms with Gasteiger partial charge in [-0.1, -0.05) is 324 Å². The maximum absolute atomic E-state index is 13.0. The van der Waals surface area contributed by atoms with Gasteiger partial charge in [-0.15, -0.1) is 0 Å². The molecule has 0 spiro atoms. The molecule has 0 saturated heterocycles. The Morgan fingerprint density at radius 2 is 0.554 bits per heavy atom. The molecule has 0 aromatic rings. The van der Waals surface area contributed by atoms with E-state index in [1.165, 1.54) is 193 Å². The molecule has 0 saturated carbocycles. The summed E-state index contributed by atoms with van der Waals surface area (Å²) in [6.45, 7) is 9.51. The summed E-state index contributed by atoms with van der Waals surface area (Å²) < 4.78 is 68.3. The van der Waals surface area contributed by atoms with E-state index >= 15 is 0 Å². The molecule has 0 aromatic heterocycles. The van der Waals surface area contributed by atoms with E-state index in [2.05, 4.69) is 41.5 Å². The molecule has 3 unspecified atom stereocenters. The molecule has 0 heterocycles. The molecular weight excluding hydrogens is 1210 g/mol. The monoisotopic (exact) mass is 1350 g/mol. The number of aliphatic hydroxyl groups excluding tert-OH is 1. The Morgan fingerprint density at radius 3 is 0.826 bits per heavy atom. The minimum Gasteiger partial charge on any atom is -0.462 e. The fourth-order valence-electron chi connectivity index (χ4n) is 11.1. The predicted molar refractivity (Wildman–Crippen MR) is 372 cm³/mol. The molecule has 6 atom stereocenters. The lowest BCUT2D eigenvalue weighted by Crippen LogP contribution is -2.30. The smallest absolute Gasteiger partial charge is 0.462 e. The topological polar surface area (TPSA) is 237 Å². The van der Waals surface area contributed by atoms with Crippen molar-refractivity contribution in [2.24, 2.45) is 11.8 Å². The number of unbranched alkanes of at least 4 members (excludes halogenated alkanes) is 41. The van der Waals surface area contributed by atoms with Crippen LogP contribution < -0.4 is 0 Å². The number of carbonyl (C=O) groups excluding carboxylic acids is 4. The number of carbonyl (C=O) groups is 4. The molecule has 0 aromatic carbocycles. The number of rotatable bonds is 72. The van der Waals surface area contributed by atoms with Gasteiger partial charge in [0.25, 0.3) is 0 Å². The van der Waals surface area contributed by atoms with Crippen LogP contribution in [0.4, 0.5) is 0 Å². The Balaban J connectivity index is 5.19. The Kier molecular flexibility index (Phi) is 63.7. The van der Waals surface area contributed by atoms with Gasteiger partial charge in [0.1, 0.15) is 19.3 Å². The molecular formula is C73H142O17P2. The highest BCUT2D eigenvalue weighted by molar-refractivity contribution is 7.47. The van der Waals surface area contributed by atoms with Crippen LogP contribution in [0.2, 0.25) is 0 Å². The summed E-state index contributed by atoms with van der Waals surface area (Å²) in [5, 5.41) is 10.6. The second kappa shape index (κ2) is 65.0. The highest BCUT2D eigenvalue weighted by Gasteiger charge is 2.30. The first-order valence-corrected chi connectivity index (χ1v) is 41.0. The number of ether oxygens (including phenoxy) is 4. The van der Waals surface area contributed by atoms with Gasteiger partial charge < -0.3 is 33.8 Å². The normalized spacial score (nSPS) is 14.4. The highest BCUT2D eigenvalue weighted by Crippen LogP contribution is 2.45. The van der Waals surface area contributed by atoms with Gasteiger partial charge in [0.2, 0.25) is 0 Å². The summed E-state index contributed by atoms with van der Waals surface area (Å²) in [6, 6.07) is 0. The van der Waals surface area contributed by atoms with Crippen molar-refractivity contribution < 1.29 is 80.2 Å². The standard InChI is InChI=1S/C73H142O17P2/c1-7-10-12-14-16-18-19-20-21-22-23-24-25-26-27-28-30-39-45-51-57-72(77)89-68(62-84-71(76)56-50-44-38-34-32-36-42-48-54-66(6)9-3)63-87-91(79,80)85-59-67(74)60-86-92(81,82)88-64-69(61-83-70(75)55-49-43-37-29-17-15-13-11-8-2)90-73(78)58-52-46-40-33-31-35-41-47-53-65(4)5/h65-69,74H,7-64H2,1-6H3,(H,79,80)(H,81,82)/t66?,67-,68-,69-/m1/s1. The third-order valence-corrected chi connectivity index (χ3v) is 19.2. The van der Waals surface area contributed by atoms with Crippen LogP contribution >= 0.6 is 15.6 Å². The van der Waals surface area contributed by atoms with Gasteiger partial charge in [-0.25, -0.2) is 9.13 Å². The maximum atomic E-state index is 13.0. The van der Waals surface area contributed by atoms with Crippen LogP contribution in [0.5, 0.6) is 0 Å². The Labute approximate surface area is 562 Å². The zero-order valence-electron chi connectivity index (χ0n) is 59.9. The molecule has 0 aliphatic rings. The summed E-state index contributed by atoms with van der Waals surface area (Å²) in [5.74, 6) is -0.628. The van der Waals surface area contributed by atoms with Gasteiger partial charge in [0.05, 0.1) is 26.4 Å². The number of phosphoric ester groups is 2. The van der Waals surface area contributed by atoms with Crippen molar-refractivity contribution in [1.82, 2.24) is 0 Å². The van der Waals surface area contributed by atoms with E-state index in [0.717, 1.165) is 102 Å². The van der Waals surface area contributed by atoms with Crippen molar-refractivity contribution in [1.29, 1.82) is 0 Å². The predicted octanol–water partition coefficient (Wildman–Crippen LogP) is 21.2. The summed E-state index contributed by atoms with van der Waals surface area (Å²) >= 11 is 0. The van der Waals surface area contributed by atoms with E-state index in [-0.39, 0.29) is 25.7 Å². The summed E-state index contributed by atoms with van der Waals surface area (Å²) in [5.41, 5.74) is 0. The first-order chi connectivity index (χ1) is 44.4. The molecule has 0 aliphatic heterocycles. The molecule has 19 heteroatoms. The molecule has 0 bridgehead atoms. The lowest BCUT2D eigenvalue weighted by Gasteiger charge is -2.21. The third kappa shape index (κ3) is 65.4. The van der Waals surface area contributed by atoms with Crippen LogP contribution in [0, 0.1) is 11.8 Å². The van der Waals surface area contributed by atoms with Crippen LogP contribution in [0.25, 0.3) is 0 Å². The average molecular weight is 1350 g/mol. The van der Waals surface area contributed by atoms with Gasteiger partial charge in [-0.3, -0.25) is 37.3 Å². The lowest BCUT2D eigenvalue weighted by molar-refractivity contribution is -0.161. The second-order valence-electron chi connectivity index (χ2n) is 27.1. The zero-order valence-corrected chi connectivity index (χ0v) is 61.6. The number of phosphoric acid groups is 2. The van der Waals surface area contributed by atoms with Crippen molar-refractivity contribution in [2.75, 3.05) is 39.6 Å². The third-order valence-electron chi connectivity index (χ3n) is 17.3. The van der Waals surface area contributed by atoms with E-state index in [1.807, 2.05) is 0 Å². The lowest BCUT2D eigenvalue weighted by atomic mass is 9.99. The van der Waals surface area contributed by atoms with Gasteiger partial charge in [-0.05, 0) is 37.5 Å². The highest BCUT2D eigenvalue weighted by atomic mass is 31.2. The number of hydrogen-bond acceptors (Lipinski definition) is 15. The summed E-state index contributed by atoms with van der Waals surface area (Å²) in [7, 11) is -9.90. The zero-order chi connectivity index (χ0) is 67.9. The molecule has 0 rings (SSSR count). The number of esters is 4.